The molecule has 0 fully saturated rings. The minimum Gasteiger partial charge on any atom is -0.489 e. The van der Waals surface area contributed by atoms with Gasteiger partial charge in [0.2, 0.25) is 5.69 Å². The van der Waals surface area contributed by atoms with Gasteiger partial charge in [-0.2, -0.15) is 15.3 Å². The Morgan fingerprint density at radius 2 is 2.04 bits per heavy atom. The minimum atomic E-state index is -0.514. The molecule has 134 valence electrons. The standard InChI is InChI=1S/C19H20N4O3/c1-3-5-11-19(21-22-19)12-13-26-16-14-23(15-9-7-6-8-10-15)20-17(16)18(24)25-4-2/h1,6-10,14H,4-5,11-13H2,2H3. The highest BCUT2D eigenvalue weighted by Gasteiger charge is 2.39. The minimum absolute atomic E-state index is 0.151. The van der Waals surface area contributed by atoms with E-state index in [9.17, 15) is 4.79 Å². The summed E-state index contributed by atoms with van der Waals surface area (Å²) in [6.07, 6.45) is 8.91. The van der Waals surface area contributed by atoms with Crippen LogP contribution in [-0.2, 0) is 4.74 Å². The number of carbonyl (C=O) groups excluding carboxylic acids is 1. The average Bonchev–Trinajstić information content (AvgIpc) is 3.30. The number of rotatable bonds is 9. The zero-order valence-corrected chi connectivity index (χ0v) is 14.6. The molecule has 1 aromatic heterocycles. The maximum atomic E-state index is 12.2. The van der Waals surface area contributed by atoms with E-state index in [4.69, 9.17) is 15.9 Å². The lowest BCUT2D eigenvalue weighted by molar-refractivity contribution is 0.0514. The Morgan fingerprint density at radius 1 is 1.27 bits per heavy atom. The Bertz CT molecular complexity index is 830. The van der Waals surface area contributed by atoms with E-state index in [1.807, 2.05) is 30.3 Å². The Hall–Kier alpha value is -3.14. The van der Waals surface area contributed by atoms with Gasteiger partial charge >= 0.3 is 5.97 Å². The Morgan fingerprint density at radius 3 is 2.69 bits per heavy atom. The molecule has 0 unspecified atom stereocenters. The fraction of sp³-hybridized carbons (Fsp3) is 0.368. The number of benzene rings is 1. The maximum Gasteiger partial charge on any atom is 0.362 e. The first-order valence-corrected chi connectivity index (χ1v) is 8.50. The fourth-order valence-electron chi connectivity index (χ4n) is 2.51. The van der Waals surface area contributed by atoms with E-state index in [1.54, 1.807) is 17.8 Å². The molecule has 7 nitrogen and oxygen atoms in total. The van der Waals surface area contributed by atoms with Crippen LogP contribution in [0.1, 0.15) is 36.7 Å². The maximum absolute atomic E-state index is 12.2. The van der Waals surface area contributed by atoms with Gasteiger partial charge in [0.15, 0.2) is 11.4 Å². The summed E-state index contributed by atoms with van der Waals surface area (Å²) in [5, 5.41) is 12.5. The van der Waals surface area contributed by atoms with E-state index in [0.717, 1.165) is 5.69 Å². The SMILES string of the molecule is C#CCCC1(CCOc2cn(-c3ccccc3)nc2C(=O)OCC)N=N1. The molecule has 1 aliphatic heterocycles. The van der Waals surface area contributed by atoms with Crippen molar-refractivity contribution in [2.24, 2.45) is 10.2 Å². The molecule has 2 aromatic rings. The lowest BCUT2D eigenvalue weighted by atomic mass is 10.1. The monoisotopic (exact) mass is 352 g/mol. The third-order valence-corrected chi connectivity index (χ3v) is 3.98. The summed E-state index contributed by atoms with van der Waals surface area (Å²) >= 11 is 0. The first kappa shape index (κ1) is 17.7. The fourth-order valence-corrected chi connectivity index (χ4v) is 2.51. The van der Waals surface area contributed by atoms with Gasteiger partial charge in [-0.25, -0.2) is 9.48 Å². The number of hydrogen-bond acceptors (Lipinski definition) is 6. The smallest absolute Gasteiger partial charge is 0.362 e. The summed E-state index contributed by atoms with van der Waals surface area (Å²) < 4.78 is 12.5. The number of carbonyl (C=O) groups is 1. The van der Waals surface area contributed by atoms with Crippen LogP contribution in [0, 0.1) is 12.3 Å². The van der Waals surface area contributed by atoms with Crippen LogP contribution in [0.25, 0.3) is 5.69 Å². The van der Waals surface area contributed by atoms with Crippen molar-refractivity contribution in [2.45, 2.75) is 31.8 Å². The molecule has 0 amide bonds. The van der Waals surface area contributed by atoms with Crippen molar-refractivity contribution in [3.05, 3.63) is 42.2 Å². The predicted molar refractivity (Wildman–Crippen MR) is 95.3 cm³/mol. The van der Waals surface area contributed by atoms with E-state index in [0.29, 0.717) is 31.6 Å². The third kappa shape index (κ3) is 4.09. The van der Waals surface area contributed by atoms with Crippen LogP contribution in [0.4, 0.5) is 0 Å². The second-order valence-corrected chi connectivity index (χ2v) is 5.83. The van der Waals surface area contributed by atoms with Crippen LogP contribution in [0.5, 0.6) is 5.75 Å². The van der Waals surface area contributed by atoms with Crippen LogP contribution in [0.2, 0.25) is 0 Å². The molecule has 0 aliphatic carbocycles. The molecule has 1 aromatic carbocycles. The largest absolute Gasteiger partial charge is 0.489 e. The quantitative estimate of drug-likeness (QED) is 0.512. The molecule has 0 bridgehead atoms. The van der Waals surface area contributed by atoms with Crippen molar-refractivity contribution in [1.29, 1.82) is 0 Å². The number of hydrogen-bond donors (Lipinski definition) is 0. The summed E-state index contributed by atoms with van der Waals surface area (Å²) in [6.45, 7) is 2.37. The highest BCUT2D eigenvalue weighted by atomic mass is 16.5. The number of aromatic nitrogens is 2. The molecule has 0 radical (unpaired) electrons. The van der Waals surface area contributed by atoms with Crippen LogP contribution < -0.4 is 4.74 Å². The van der Waals surface area contributed by atoms with Crippen molar-refractivity contribution in [3.8, 4) is 23.8 Å². The van der Waals surface area contributed by atoms with Gasteiger partial charge < -0.3 is 9.47 Å². The van der Waals surface area contributed by atoms with Gasteiger partial charge in [0.05, 0.1) is 25.1 Å². The van der Waals surface area contributed by atoms with E-state index in [-0.39, 0.29) is 12.3 Å². The molecular weight excluding hydrogens is 332 g/mol. The number of esters is 1. The molecule has 2 heterocycles. The molecule has 26 heavy (non-hydrogen) atoms. The number of ether oxygens (including phenoxy) is 2. The summed E-state index contributed by atoms with van der Waals surface area (Å²) in [6, 6.07) is 9.49. The lowest BCUT2D eigenvalue weighted by Gasteiger charge is -2.10. The molecule has 0 saturated carbocycles. The highest BCUT2D eigenvalue weighted by molar-refractivity contribution is 5.90. The van der Waals surface area contributed by atoms with Gasteiger partial charge in [0.1, 0.15) is 0 Å². The van der Waals surface area contributed by atoms with Gasteiger partial charge in [-0.3, -0.25) is 0 Å². The molecule has 0 N–H and O–H groups in total. The normalized spacial score (nSPS) is 13.8. The van der Waals surface area contributed by atoms with Gasteiger partial charge in [0.25, 0.3) is 0 Å². The second kappa shape index (κ2) is 7.83. The zero-order valence-electron chi connectivity index (χ0n) is 14.6. The highest BCUT2D eigenvalue weighted by Crippen LogP contribution is 2.36. The Balaban J connectivity index is 1.71. The zero-order chi connectivity index (χ0) is 18.4. The van der Waals surface area contributed by atoms with Crippen LogP contribution in [-0.4, -0.2) is 34.6 Å². The molecule has 0 spiro atoms. The van der Waals surface area contributed by atoms with Crippen molar-refractivity contribution in [3.63, 3.8) is 0 Å². The van der Waals surface area contributed by atoms with Crippen molar-refractivity contribution < 1.29 is 14.3 Å². The van der Waals surface area contributed by atoms with E-state index >= 15 is 0 Å². The molecule has 1 aliphatic rings. The molecule has 7 heteroatoms. The Kier molecular flexibility index (Phi) is 5.32. The van der Waals surface area contributed by atoms with Crippen molar-refractivity contribution >= 4 is 5.97 Å². The van der Waals surface area contributed by atoms with E-state index < -0.39 is 11.6 Å². The third-order valence-electron chi connectivity index (χ3n) is 3.98. The molecule has 3 rings (SSSR count). The van der Waals surface area contributed by atoms with Gasteiger partial charge in [-0.1, -0.05) is 18.2 Å². The van der Waals surface area contributed by atoms with Crippen molar-refractivity contribution in [2.75, 3.05) is 13.2 Å². The molecule has 0 saturated heterocycles. The summed E-state index contributed by atoms with van der Waals surface area (Å²) in [4.78, 5) is 12.2. The van der Waals surface area contributed by atoms with Crippen LogP contribution in [0.15, 0.2) is 46.8 Å². The lowest BCUT2D eigenvalue weighted by Crippen LogP contribution is -2.16. The van der Waals surface area contributed by atoms with E-state index in [2.05, 4.69) is 21.2 Å². The van der Waals surface area contributed by atoms with Crippen molar-refractivity contribution in [1.82, 2.24) is 9.78 Å². The summed E-state index contributed by atoms with van der Waals surface area (Å²) in [5.41, 5.74) is 0.551. The molecule has 0 atom stereocenters. The first-order valence-electron chi connectivity index (χ1n) is 8.50. The van der Waals surface area contributed by atoms with E-state index in [1.165, 1.54) is 0 Å². The van der Waals surface area contributed by atoms with Gasteiger partial charge in [-0.15, -0.1) is 12.3 Å². The van der Waals surface area contributed by atoms with Crippen LogP contribution in [0.3, 0.4) is 0 Å². The summed E-state index contributed by atoms with van der Waals surface area (Å²) in [7, 11) is 0. The Labute approximate surface area is 152 Å². The second-order valence-electron chi connectivity index (χ2n) is 5.83. The summed E-state index contributed by atoms with van der Waals surface area (Å²) in [5.74, 6) is 2.46. The van der Waals surface area contributed by atoms with Crippen LogP contribution >= 0.6 is 0 Å². The topological polar surface area (TPSA) is 78.1 Å². The average molecular weight is 352 g/mol. The van der Waals surface area contributed by atoms with Gasteiger partial charge in [0, 0.05) is 19.3 Å². The number of para-hydroxylation sites is 1. The number of nitrogens with zero attached hydrogens (tertiary/aromatic N) is 4. The predicted octanol–water partition coefficient (Wildman–Crippen LogP) is 3.39. The number of terminal acetylenes is 1. The molecular formula is C19H20N4O3. The van der Waals surface area contributed by atoms with Gasteiger partial charge in [-0.05, 0) is 19.1 Å². The first-order chi connectivity index (χ1) is 12.7.